The molecule has 3 heterocycles. The first-order valence-electron chi connectivity index (χ1n) is 13.5. The number of halogens is 1. The van der Waals surface area contributed by atoms with Crippen molar-refractivity contribution < 1.29 is 4.79 Å². The third kappa shape index (κ3) is 4.30. The van der Waals surface area contributed by atoms with Crippen molar-refractivity contribution in [1.82, 2.24) is 14.8 Å². The molecule has 8 heteroatoms. The molecule has 37 heavy (non-hydrogen) atoms. The fraction of sp³-hybridized carbons (Fsp3) is 0.517. The second-order valence-corrected chi connectivity index (χ2v) is 11.5. The van der Waals surface area contributed by atoms with Crippen LogP contribution in [0, 0.1) is 23.2 Å². The monoisotopic (exact) mass is 516 g/mol. The van der Waals surface area contributed by atoms with Gasteiger partial charge in [-0.25, -0.2) is 4.98 Å². The Morgan fingerprint density at radius 1 is 1.14 bits per heavy atom. The number of aromatic nitrogens is 1. The number of carbonyl (C=O) groups is 1. The van der Waals surface area contributed by atoms with E-state index >= 15 is 0 Å². The van der Waals surface area contributed by atoms with Gasteiger partial charge in [0.05, 0.1) is 33.7 Å². The zero-order chi connectivity index (χ0) is 25.7. The summed E-state index contributed by atoms with van der Waals surface area (Å²) in [4.78, 5) is 22.3. The molecule has 1 saturated heterocycles. The number of benzene rings is 1. The van der Waals surface area contributed by atoms with Crippen LogP contribution in [-0.4, -0.2) is 65.7 Å². The number of rotatable bonds is 4. The topological polar surface area (TPSA) is 75.8 Å². The Bertz CT molecular complexity index is 1290. The van der Waals surface area contributed by atoms with Crippen LogP contribution in [0.5, 0.6) is 0 Å². The van der Waals surface area contributed by atoms with E-state index in [0.29, 0.717) is 34.2 Å². The van der Waals surface area contributed by atoms with Crippen molar-refractivity contribution in [3.8, 4) is 6.07 Å². The Hall–Kier alpha value is -2.95. The zero-order valence-electron chi connectivity index (χ0n) is 21.5. The van der Waals surface area contributed by atoms with Crippen molar-refractivity contribution in [3.05, 3.63) is 57.9 Å². The van der Waals surface area contributed by atoms with E-state index in [1.54, 1.807) is 6.07 Å². The van der Waals surface area contributed by atoms with E-state index in [4.69, 9.17) is 21.7 Å². The maximum atomic E-state index is 13.2. The van der Waals surface area contributed by atoms with Crippen LogP contribution < -0.4 is 5.01 Å². The molecule has 2 fully saturated rings. The molecule has 2 aliphatic carbocycles. The molecule has 2 aromatic rings. The molecular formula is C29H33ClN6O. The third-order valence-corrected chi connectivity index (χ3v) is 9.14. The van der Waals surface area contributed by atoms with Gasteiger partial charge in [-0.2, -0.15) is 10.4 Å². The van der Waals surface area contributed by atoms with E-state index in [9.17, 15) is 10.1 Å². The van der Waals surface area contributed by atoms with E-state index in [2.05, 4.69) is 36.1 Å². The highest BCUT2D eigenvalue weighted by atomic mass is 35.5. The number of amides is 1. The van der Waals surface area contributed by atoms with Crippen molar-refractivity contribution in [3.63, 3.8) is 0 Å². The molecule has 192 valence electrons. The van der Waals surface area contributed by atoms with Gasteiger partial charge in [-0.3, -0.25) is 9.80 Å². The standard InChI is InChI=1S/C29H33ClN6O/c1-34(2)21-13-14-35(17-21)29(37)26-12-9-22-25(32-26)11-10-23-27(22)33-36(28(23)18-5-3-4-6-18)20-8-7-19(16-31)24(30)15-20/h7-9,12,15,18,21,23,28H,3-6,10-11,13-14,17H2,1-2H3/t21-,23?,28?/m1/s1. The fourth-order valence-corrected chi connectivity index (χ4v) is 7.01. The molecule has 4 aliphatic rings. The first kappa shape index (κ1) is 24.4. The van der Waals surface area contributed by atoms with Gasteiger partial charge in [-0.15, -0.1) is 0 Å². The summed E-state index contributed by atoms with van der Waals surface area (Å²) in [6, 6.07) is 12.4. The number of anilines is 1. The van der Waals surface area contributed by atoms with Crippen LogP contribution in [0.2, 0.25) is 5.02 Å². The summed E-state index contributed by atoms with van der Waals surface area (Å²) in [5.41, 5.74) is 5.10. The average molecular weight is 517 g/mol. The second-order valence-electron chi connectivity index (χ2n) is 11.1. The van der Waals surface area contributed by atoms with E-state index < -0.39 is 0 Å². The van der Waals surface area contributed by atoms with Gasteiger partial charge in [-0.1, -0.05) is 24.4 Å². The number of nitriles is 1. The van der Waals surface area contributed by atoms with Crippen molar-refractivity contribution in [1.29, 1.82) is 5.26 Å². The molecule has 1 amide bonds. The molecule has 7 nitrogen and oxygen atoms in total. The smallest absolute Gasteiger partial charge is 0.272 e. The van der Waals surface area contributed by atoms with Gasteiger partial charge in [-0.05, 0) is 82.4 Å². The van der Waals surface area contributed by atoms with Gasteiger partial charge < -0.3 is 9.80 Å². The number of pyridine rings is 1. The summed E-state index contributed by atoms with van der Waals surface area (Å²) in [7, 11) is 4.14. The number of fused-ring (bicyclic) bond motifs is 3. The number of aryl methyl sites for hydroxylation is 1. The largest absolute Gasteiger partial charge is 0.336 e. The molecule has 2 unspecified atom stereocenters. The van der Waals surface area contributed by atoms with Crippen molar-refractivity contribution in [2.75, 3.05) is 32.2 Å². The van der Waals surface area contributed by atoms with Gasteiger partial charge in [0, 0.05) is 30.6 Å². The Morgan fingerprint density at radius 3 is 2.65 bits per heavy atom. The number of carbonyl (C=O) groups excluding carboxylic acids is 1. The van der Waals surface area contributed by atoms with Crippen molar-refractivity contribution in [2.45, 2.75) is 57.0 Å². The van der Waals surface area contributed by atoms with Crippen LogP contribution in [0.3, 0.4) is 0 Å². The number of hydrogen-bond acceptors (Lipinski definition) is 6. The van der Waals surface area contributed by atoms with Crippen LogP contribution in [0.4, 0.5) is 5.69 Å². The highest BCUT2D eigenvalue weighted by molar-refractivity contribution is 6.32. The normalized spacial score (nSPS) is 25.3. The molecule has 0 N–H and O–H groups in total. The quantitative estimate of drug-likeness (QED) is 0.587. The number of hydrogen-bond donors (Lipinski definition) is 0. The minimum absolute atomic E-state index is 0.0281. The first-order chi connectivity index (χ1) is 17.9. The van der Waals surface area contributed by atoms with Crippen LogP contribution in [0.15, 0.2) is 35.4 Å². The summed E-state index contributed by atoms with van der Waals surface area (Å²) >= 11 is 6.43. The number of likely N-dealkylation sites (N-methyl/N-ethyl adjacent to an activating group) is 1. The number of likely N-dealkylation sites (tertiary alicyclic amines) is 1. The molecule has 6 rings (SSSR count). The van der Waals surface area contributed by atoms with Gasteiger partial charge in [0.15, 0.2) is 0 Å². The van der Waals surface area contributed by atoms with Gasteiger partial charge >= 0.3 is 0 Å². The minimum atomic E-state index is 0.0281. The average Bonchev–Trinajstić information content (AvgIpc) is 3.67. The lowest BCUT2D eigenvalue weighted by atomic mass is 9.76. The van der Waals surface area contributed by atoms with Crippen LogP contribution in [0.1, 0.15) is 65.8 Å². The highest BCUT2D eigenvalue weighted by Crippen LogP contribution is 2.45. The molecule has 3 atom stereocenters. The predicted octanol–water partition coefficient (Wildman–Crippen LogP) is 4.73. The number of nitrogens with zero attached hydrogens (tertiary/aromatic N) is 6. The molecule has 0 radical (unpaired) electrons. The third-order valence-electron chi connectivity index (χ3n) is 8.82. The van der Waals surface area contributed by atoms with Crippen molar-refractivity contribution >= 4 is 28.9 Å². The van der Waals surface area contributed by atoms with E-state index in [-0.39, 0.29) is 11.9 Å². The SMILES string of the molecule is CN(C)[C@@H]1CCN(C(=O)c2ccc3c(n2)CCC2C3=NN(c3ccc(C#N)c(Cl)c3)C2C2CCCC2)C1. The van der Waals surface area contributed by atoms with Crippen molar-refractivity contribution in [2.24, 2.45) is 16.9 Å². The maximum Gasteiger partial charge on any atom is 0.272 e. The van der Waals surface area contributed by atoms with E-state index in [1.807, 2.05) is 23.1 Å². The lowest BCUT2D eigenvalue weighted by molar-refractivity contribution is 0.0777. The molecule has 1 aromatic carbocycles. The highest BCUT2D eigenvalue weighted by Gasteiger charge is 2.46. The molecule has 0 spiro atoms. The van der Waals surface area contributed by atoms with E-state index in [0.717, 1.165) is 55.0 Å². The van der Waals surface area contributed by atoms with Crippen LogP contribution in [0.25, 0.3) is 0 Å². The predicted molar refractivity (Wildman–Crippen MR) is 145 cm³/mol. The summed E-state index contributed by atoms with van der Waals surface area (Å²) in [6.07, 6.45) is 7.79. The fourth-order valence-electron chi connectivity index (χ4n) is 6.79. The molecule has 0 bridgehead atoms. The maximum absolute atomic E-state index is 13.2. The molecule has 1 saturated carbocycles. The summed E-state index contributed by atoms with van der Waals surface area (Å²) in [6.45, 7) is 1.53. The summed E-state index contributed by atoms with van der Waals surface area (Å²) in [5.74, 6) is 0.934. The minimum Gasteiger partial charge on any atom is -0.336 e. The van der Waals surface area contributed by atoms with Crippen LogP contribution in [-0.2, 0) is 6.42 Å². The first-order valence-corrected chi connectivity index (χ1v) is 13.9. The lowest BCUT2D eigenvalue weighted by Gasteiger charge is -2.34. The number of hydrazone groups is 1. The zero-order valence-corrected chi connectivity index (χ0v) is 22.3. The Labute approximate surface area is 223 Å². The van der Waals surface area contributed by atoms with Gasteiger partial charge in [0.2, 0.25) is 0 Å². The molecule has 2 aliphatic heterocycles. The van der Waals surface area contributed by atoms with Crippen LogP contribution >= 0.6 is 11.6 Å². The molecular weight excluding hydrogens is 484 g/mol. The van der Waals surface area contributed by atoms with Gasteiger partial charge in [0.1, 0.15) is 11.8 Å². The summed E-state index contributed by atoms with van der Waals surface area (Å²) < 4.78 is 0. The Morgan fingerprint density at radius 2 is 1.95 bits per heavy atom. The summed E-state index contributed by atoms with van der Waals surface area (Å²) in [5, 5.41) is 17.2. The second kappa shape index (κ2) is 9.74. The van der Waals surface area contributed by atoms with Gasteiger partial charge in [0.25, 0.3) is 5.91 Å². The van der Waals surface area contributed by atoms with E-state index in [1.165, 1.54) is 25.7 Å². The Balaban J connectivity index is 1.32. The Kier molecular flexibility index (Phi) is 6.42. The molecule has 1 aromatic heterocycles. The lowest BCUT2D eigenvalue weighted by Crippen LogP contribution is -2.41.